The Bertz CT molecular complexity index is 279. The molecule has 0 bridgehead atoms. The zero-order chi connectivity index (χ0) is 15.0. The van der Waals surface area contributed by atoms with Crippen LogP contribution in [0.3, 0.4) is 0 Å². The van der Waals surface area contributed by atoms with E-state index < -0.39 is 5.60 Å². The molecule has 0 aromatic heterocycles. The van der Waals surface area contributed by atoms with E-state index in [4.69, 9.17) is 4.74 Å². The third kappa shape index (κ3) is 8.41. The van der Waals surface area contributed by atoms with Crippen LogP contribution in [0.25, 0.3) is 0 Å². The van der Waals surface area contributed by atoms with Crippen molar-refractivity contribution >= 4 is 6.09 Å². The fourth-order valence-electron chi connectivity index (χ4n) is 2.63. The molecule has 0 saturated heterocycles. The van der Waals surface area contributed by atoms with Gasteiger partial charge < -0.3 is 15.4 Å². The second kappa shape index (κ2) is 8.50. The van der Waals surface area contributed by atoms with Crippen molar-refractivity contribution < 1.29 is 9.53 Å². The summed E-state index contributed by atoms with van der Waals surface area (Å²) in [4.78, 5) is 11.6. The van der Waals surface area contributed by atoms with Gasteiger partial charge in [0.2, 0.25) is 0 Å². The lowest BCUT2D eigenvalue weighted by atomic mass is 10.0. The molecule has 2 N–H and O–H groups in total. The number of rotatable bonds is 5. The molecule has 1 aliphatic carbocycles. The Morgan fingerprint density at radius 2 is 1.80 bits per heavy atom. The third-order valence-electron chi connectivity index (χ3n) is 3.62. The van der Waals surface area contributed by atoms with Crippen LogP contribution in [0.5, 0.6) is 0 Å². The van der Waals surface area contributed by atoms with Gasteiger partial charge in [-0.1, -0.05) is 25.7 Å². The molecule has 0 heterocycles. The van der Waals surface area contributed by atoms with Gasteiger partial charge in [-0.2, -0.15) is 0 Å². The van der Waals surface area contributed by atoms with Crippen LogP contribution in [0, 0.1) is 5.92 Å². The van der Waals surface area contributed by atoms with Gasteiger partial charge in [-0.15, -0.1) is 0 Å². The average molecular weight is 284 g/mol. The van der Waals surface area contributed by atoms with Gasteiger partial charge in [0, 0.05) is 12.6 Å². The summed E-state index contributed by atoms with van der Waals surface area (Å²) in [5.41, 5.74) is -0.433. The molecule has 1 amide bonds. The maximum atomic E-state index is 11.6. The van der Waals surface area contributed by atoms with Crippen LogP contribution >= 0.6 is 0 Å². The Morgan fingerprint density at radius 3 is 2.35 bits per heavy atom. The molecule has 0 spiro atoms. The smallest absolute Gasteiger partial charge is 0.407 e. The van der Waals surface area contributed by atoms with Crippen molar-refractivity contribution in [2.24, 2.45) is 5.92 Å². The summed E-state index contributed by atoms with van der Waals surface area (Å²) in [6.45, 7) is 9.50. The fourth-order valence-corrected chi connectivity index (χ4v) is 2.63. The monoisotopic (exact) mass is 284 g/mol. The van der Waals surface area contributed by atoms with E-state index >= 15 is 0 Å². The van der Waals surface area contributed by atoms with Gasteiger partial charge >= 0.3 is 6.09 Å². The van der Waals surface area contributed by atoms with E-state index in [0.717, 1.165) is 19.0 Å². The van der Waals surface area contributed by atoms with Gasteiger partial charge in [0.25, 0.3) is 0 Å². The van der Waals surface area contributed by atoms with E-state index in [1.165, 1.54) is 38.5 Å². The number of alkyl carbamates (subject to hydrolysis) is 1. The first-order chi connectivity index (χ1) is 9.37. The predicted molar refractivity (Wildman–Crippen MR) is 82.9 cm³/mol. The van der Waals surface area contributed by atoms with Gasteiger partial charge in [-0.05, 0) is 53.0 Å². The van der Waals surface area contributed by atoms with Gasteiger partial charge in [0.15, 0.2) is 0 Å². The summed E-state index contributed by atoms with van der Waals surface area (Å²) in [6.07, 6.45) is 7.90. The van der Waals surface area contributed by atoms with Crippen LogP contribution in [0.1, 0.15) is 66.2 Å². The molecule has 1 aliphatic rings. The summed E-state index contributed by atoms with van der Waals surface area (Å²) >= 11 is 0. The first-order valence-electron chi connectivity index (χ1n) is 8.07. The van der Waals surface area contributed by atoms with Gasteiger partial charge in [-0.3, -0.25) is 0 Å². The molecule has 1 unspecified atom stereocenters. The molecule has 20 heavy (non-hydrogen) atoms. The summed E-state index contributed by atoms with van der Waals surface area (Å²) < 4.78 is 5.24. The Hall–Kier alpha value is -0.770. The minimum Gasteiger partial charge on any atom is -0.444 e. The van der Waals surface area contributed by atoms with E-state index in [0.29, 0.717) is 0 Å². The number of amides is 1. The largest absolute Gasteiger partial charge is 0.444 e. The van der Waals surface area contributed by atoms with Crippen molar-refractivity contribution in [2.75, 3.05) is 13.1 Å². The zero-order valence-corrected chi connectivity index (χ0v) is 13.6. The van der Waals surface area contributed by atoms with E-state index in [2.05, 4.69) is 10.6 Å². The summed E-state index contributed by atoms with van der Waals surface area (Å²) in [6, 6.07) is 0.0932. The molecule has 1 saturated carbocycles. The quantitative estimate of drug-likeness (QED) is 0.760. The van der Waals surface area contributed by atoms with Crippen molar-refractivity contribution in [1.82, 2.24) is 10.6 Å². The second-order valence-electron chi connectivity index (χ2n) is 7.06. The van der Waals surface area contributed by atoms with Crippen LogP contribution < -0.4 is 10.6 Å². The van der Waals surface area contributed by atoms with Crippen molar-refractivity contribution in [1.29, 1.82) is 0 Å². The van der Waals surface area contributed by atoms with E-state index in [1.807, 2.05) is 27.7 Å². The van der Waals surface area contributed by atoms with E-state index in [-0.39, 0.29) is 12.1 Å². The normalized spacial score (nSPS) is 19.2. The molecule has 4 nitrogen and oxygen atoms in total. The van der Waals surface area contributed by atoms with E-state index in [9.17, 15) is 4.79 Å². The lowest BCUT2D eigenvalue weighted by molar-refractivity contribution is 0.0508. The van der Waals surface area contributed by atoms with Crippen molar-refractivity contribution in [3.8, 4) is 0 Å². The van der Waals surface area contributed by atoms with Crippen LogP contribution in [0.15, 0.2) is 0 Å². The van der Waals surface area contributed by atoms with Crippen molar-refractivity contribution in [2.45, 2.75) is 77.9 Å². The number of hydrogen-bond acceptors (Lipinski definition) is 3. The third-order valence-corrected chi connectivity index (χ3v) is 3.62. The number of hydrogen-bond donors (Lipinski definition) is 2. The predicted octanol–water partition coefficient (Wildman–Crippen LogP) is 3.46. The molecule has 1 rings (SSSR count). The first kappa shape index (κ1) is 17.3. The molecule has 1 atom stereocenters. The highest BCUT2D eigenvalue weighted by molar-refractivity contribution is 5.68. The standard InChI is InChI=1S/C16H32N2O2/c1-13(18-15(19)20-16(2,3)4)11-17-12-14-9-7-5-6-8-10-14/h13-14,17H,5-12H2,1-4H3,(H,18,19). The second-order valence-corrected chi connectivity index (χ2v) is 7.06. The highest BCUT2D eigenvalue weighted by Crippen LogP contribution is 2.21. The molecular weight excluding hydrogens is 252 g/mol. The fraction of sp³-hybridized carbons (Fsp3) is 0.938. The van der Waals surface area contributed by atoms with Crippen LogP contribution in [-0.4, -0.2) is 30.8 Å². The number of ether oxygens (including phenoxy) is 1. The first-order valence-corrected chi connectivity index (χ1v) is 8.07. The summed E-state index contributed by atoms with van der Waals surface area (Å²) in [5.74, 6) is 0.811. The summed E-state index contributed by atoms with van der Waals surface area (Å²) in [5, 5.41) is 6.34. The molecule has 0 radical (unpaired) electrons. The average Bonchev–Trinajstić information content (AvgIpc) is 2.54. The number of nitrogens with one attached hydrogen (secondary N) is 2. The molecule has 118 valence electrons. The van der Waals surface area contributed by atoms with Gasteiger partial charge in [0.05, 0.1) is 0 Å². The number of carbonyl (C=O) groups excluding carboxylic acids is 1. The Morgan fingerprint density at radius 1 is 1.20 bits per heavy atom. The lowest BCUT2D eigenvalue weighted by Gasteiger charge is -2.22. The topological polar surface area (TPSA) is 50.4 Å². The van der Waals surface area contributed by atoms with Gasteiger partial charge in [0.1, 0.15) is 5.60 Å². The molecule has 0 aromatic carbocycles. The summed E-state index contributed by atoms with van der Waals surface area (Å²) in [7, 11) is 0. The zero-order valence-electron chi connectivity index (χ0n) is 13.6. The molecule has 0 aliphatic heterocycles. The number of carbonyl (C=O) groups is 1. The SMILES string of the molecule is CC(CNCC1CCCCCC1)NC(=O)OC(C)(C)C. The minimum absolute atomic E-state index is 0.0932. The van der Waals surface area contributed by atoms with Crippen molar-refractivity contribution in [3.63, 3.8) is 0 Å². The molecule has 0 aromatic rings. The lowest BCUT2D eigenvalue weighted by Crippen LogP contribution is -2.43. The van der Waals surface area contributed by atoms with E-state index in [1.54, 1.807) is 0 Å². The Labute approximate surface area is 124 Å². The highest BCUT2D eigenvalue weighted by atomic mass is 16.6. The Balaban J connectivity index is 2.13. The van der Waals surface area contributed by atoms with Gasteiger partial charge in [-0.25, -0.2) is 4.79 Å². The molecular formula is C16H32N2O2. The maximum Gasteiger partial charge on any atom is 0.407 e. The maximum absolute atomic E-state index is 11.6. The Kier molecular flexibility index (Phi) is 7.35. The van der Waals surface area contributed by atoms with Crippen LogP contribution in [-0.2, 0) is 4.74 Å². The van der Waals surface area contributed by atoms with Crippen molar-refractivity contribution in [3.05, 3.63) is 0 Å². The van der Waals surface area contributed by atoms with Crippen LogP contribution in [0.2, 0.25) is 0 Å². The van der Waals surface area contributed by atoms with Crippen LogP contribution in [0.4, 0.5) is 4.79 Å². The molecule has 1 fully saturated rings. The molecule has 4 heteroatoms. The highest BCUT2D eigenvalue weighted by Gasteiger charge is 2.18. The minimum atomic E-state index is -0.433.